The maximum Gasteiger partial charge on any atom is 0.260 e. The van der Waals surface area contributed by atoms with Gasteiger partial charge in [0.25, 0.3) is 5.91 Å². The SMILES string of the molecule is CN(C1CC1)S(=O)(=O)c1ccc(C(=O)N(CCCN2CCOCC2)c2nc3c(F)cc(F)cc3s2)cc1. The molecule has 1 aliphatic carbocycles. The molecule has 5 rings (SSSR count). The van der Waals surface area contributed by atoms with Crippen molar-refractivity contribution in [3.8, 4) is 0 Å². The first kappa shape index (κ1) is 26.1. The van der Waals surface area contributed by atoms with Crippen LogP contribution in [0.3, 0.4) is 0 Å². The fourth-order valence-electron chi connectivity index (χ4n) is 4.35. The molecule has 2 aliphatic rings. The number of hydrogen-bond donors (Lipinski definition) is 0. The number of nitrogens with zero attached hydrogens (tertiary/aromatic N) is 4. The van der Waals surface area contributed by atoms with E-state index in [2.05, 4.69) is 9.88 Å². The number of halogens is 2. The van der Waals surface area contributed by atoms with Crippen LogP contribution in [0, 0.1) is 11.6 Å². The number of hydrogen-bond acceptors (Lipinski definition) is 7. The normalized spacial score (nSPS) is 17.0. The van der Waals surface area contributed by atoms with Crippen LogP contribution in [0.2, 0.25) is 0 Å². The Morgan fingerprint density at radius 2 is 1.86 bits per heavy atom. The molecule has 1 amide bonds. The van der Waals surface area contributed by atoms with Crippen LogP contribution in [0.25, 0.3) is 10.2 Å². The number of fused-ring (bicyclic) bond motifs is 1. The van der Waals surface area contributed by atoms with Crippen molar-refractivity contribution in [3.05, 3.63) is 53.6 Å². The van der Waals surface area contributed by atoms with E-state index in [0.29, 0.717) is 30.9 Å². The summed E-state index contributed by atoms with van der Waals surface area (Å²) in [6, 6.07) is 7.83. The maximum atomic E-state index is 14.3. The molecule has 3 aromatic rings. The molecule has 1 aliphatic heterocycles. The predicted molar refractivity (Wildman–Crippen MR) is 138 cm³/mol. The number of morpholine rings is 1. The fourth-order valence-corrected chi connectivity index (χ4v) is 6.79. The van der Waals surface area contributed by atoms with Gasteiger partial charge in [0.05, 0.1) is 22.8 Å². The Bertz CT molecular complexity index is 1390. The van der Waals surface area contributed by atoms with Crippen LogP contribution in [0.4, 0.5) is 13.9 Å². The number of ether oxygens (including phenoxy) is 1. The highest BCUT2D eigenvalue weighted by atomic mass is 32.2. The lowest BCUT2D eigenvalue weighted by molar-refractivity contribution is 0.0376. The Hall–Kier alpha value is -2.51. The van der Waals surface area contributed by atoms with Crippen LogP contribution in [0.5, 0.6) is 0 Å². The van der Waals surface area contributed by atoms with Crippen LogP contribution in [-0.2, 0) is 14.8 Å². The molecule has 8 nitrogen and oxygen atoms in total. The quantitative estimate of drug-likeness (QED) is 0.404. The van der Waals surface area contributed by atoms with E-state index >= 15 is 0 Å². The Morgan fingerprint density at radius 3 is 2.54 bits per heavy atom. The molecular weight excluding hydrogens is 522 g/mol. The molecular formula is C25H28F2N4O4S2. The van der Waals surface area contributed by atoms with Crippen molar-refractivity contribution in [3.63, 3.8) is 0 Å². The number of carbonyl (C=O) groups excluding carboxylic acids is 1. The summed E-state index contributed by atoms with van der Waals surface area (Å²) in [6.45, 7) is 4.00. The van der Waals surface area contributed by atoms with Gasteiger partial charge in [-0.1, -0.05) is 11.3 Å². The largest absolute Gasteiger partial charge is 0.379 e. The number of amides is 1. The van der Waals surface area contributed by atoms with Gasteiger partial charge in [-0.05, 0) is 49.6 Å². The molecule has 0 spiro atoms. The highest BCUT2D eigenvalue weighted by Gasteiger charge is 2.35. The van der Waals surface area contributed by atoms with E-state index in [-0.39, 0.29) is 33.1 Å². The van der Waals surface area contributed by atoms with Gasteiger partial charge in [0.2, 0.25) is 10.0 Å². The average molecular weight is 551 g/mol. The van der Waals surface area contributed by atoms with E-state index in [0.717, 1.165) is 49.9 Å². The second kappa shape index (κ2) is 10.7. The lowest BCUT2D eigenvalue weighted by atomic mass is 10.2. The van der Waals surface area contributed by atoms with Crippen molar-refractivity contribution in [2.75, 3.05) is 51.3 Å². The van der Waals surface area contributed by atoms with E-state index in [1.165, 1.54) is 39.5 Å². The molecule has 0 bridgehead atoms. The van der Waals surface area contributed by atoms with E-state index in [9.17, 15) is 22.0 Å². The molecule has 1 saturated heterocycles. The Morgan fingerprint density at radius 1 is 1.16 bits per heavy atom. The zero-order chi connectivity index (χ0) is 26.2. The van der Waals surface area contributed by atoms with Gasteiger partial charge in [-0.3, -0.25) is 14.6 Å². The minimum atomic E-state index is -3.64. The second-order valence-corrected chi connectivity index (χ2v) is 12.3. The average Bonchev–Trinajstić information content (AvgIpc) is 3.65. The van der Waals surface area contributed by atoms with Crippen molar-refractivity contribution in [2.45, 2.75) is 30.2 Å². The van der Waals surface area contributed by atoms with Gasteiger partial charge >= 0.3 is 0 Å². The van der Waals surface area contributed by atoms with Gasteiger partial charge in [0.15, 0.2) is 10.9 Å². The molecule has 1 aromatic heterocycles. The molecule has 2 heterocycles. The zero-order valence-corrected chi connectivity index (χ0v) is 22.0. The van der Waals surface area contributed by atoms with Gasteiger partial charge in [-0.15, -0.1) is 0 Å². The standard InChI is InChI=1S/C25H28F2N4O4S2/c1-29(19-5-6-19)37(33,34)20-7-3-17(4-8-20)24(32)31(10-2-9-30-11-13-35-14-12-30)25-28-23-21(27)15-18(26)16-22(23)36-25/h3-4,7-8,15-16,19H,2,5-6,9-14H2,1H3. The summed E-state index contributed by atoms with van der Waals surface area (Å²) in [5.41, 5.74) is 0.294. The molecule has 2 fully saturated rings. The highest BCUT2D eigenvalue weighted by Crippen LogP contribution is 2.33. The topological polar surface area (TPSA) is 83.1 Å². The van der Waals surface area contributed by atoms with Crippen LogP contribution in [0.15, 0.2) is 41.3 Å². The predicted octanol–water partition coefficient (Wildman–Crippen LogP) is 3.73. The zero-order valence-electron chi connectivity index (χ0n) is 20.4. The van der Waals surface area contributed by atoms with Crippen LogP contribution >= 0.6 is 11.3 Å². The lowest BCUT2D eigenvalue weighted by Gasteiger charge is -2.27. The number of sulfonamides is 1. The fraction of sp³-hybridized carbons (Fsp3) is 0.440. The van der Waals surface area contributed by atoms with Crippen molar-refractivity contribution < 1.29 is 26.7 Å². The monoisotopic (exact) mass is 550 g/mol. The van der Waals surface area contributed by atoms with E-state index in [1.54, 1.807) is 7.05 Å². The van der Waals surface area contributed by atoms with Crippen LogP contribution in [-0.4, -0.2) is 81.0 Å². The number of rotatable bonds is 9. The molecule has 0 radical (unpaired) electrons. The number of anilines is 1. The van der Waals surface area contributed by atoms with Crippen LogP contribution < -0.4 is 4.90 Å². The maximum absolute atomic E-state index is 14.3. The van der Waals surface area contributed by atoms with Gasteiger partial charge in [-0.2, -0.15) is 4.31 Å². The van der Waals surface area contributed by atoms with E-state index in [4.69, 9.17) is 4.74 Å². The Kier molecular flexibility index (Phi) is 7.55. The van der Waals surface area contributed by atoms with Crippen LogP contribution in [0.1, 0.15) is 29.6 Å². The third-order valence-electron chi connectivity index (χ3n) is 6.68. The first-order chi connectivity index (χ1) is 17.7. The van der Waals surface area contributed by atoms with Gasteiger partial charge in [-0.25, -0.2) is 22.2 Å². The highest BCUT2D eigenvalue weighted by molar-refractivity contribution is 7.89. The first-order valence-electron chi connectivity index (χ1n) is 12.2. The minimum absolute atomic E-state index is 0.0110. The molecule has 2 aromatic carbocycles. The number of benzene rings is 2. The number of carbonyl (C=O) groups is 1. The van der Waals surface area contributed by atoms with Crippen molar-refractivity contribution in [2.24, 2.45) is 0 Å². The van der Waals surface area contributed by atoms with E-state index in [1.807, 2.05) is 0 Å². The number of thiazole rings is 1. The number of aromatic nitrogens is 1. The molecule has 198 valence electrons. The summed E-state index contributed by atoms with van der Waals surface area (Å²) in [6.07, 6.45) is 2.33. The summed E-state index contributed by atoms with van der Waals surface area (Å²) in [4.78, 5) is 21.7. The van der Waals surface area contributed by atoms with Gasteiger partial charge in [0, 0.05) is 50.9 Å². The molecule has 1 saturated carbocycles. The smallest absolute Gasteiger partial charge is 0.260 e. The van der Waals surface area contributed by atoms with Gasteiger partial charge in [0.1, 0.15) is 11.3 Å². The first-order valence-corrected chi connectivity index (χ1v) is 14.5. The molecule has 12 heteroatoms. The third kappa shape index (κ3) is 5.68. The molecule has 0 unspecified atom stereocenters. The summed E-state index contributed by atoms with van der Waals surface area (Å²) in [7, 11) is -2.07. The summed E-state index contributed by atoms with van der Waals surface area (Å²) < 4.78 is 60.9. The third-order valence-corrected chi connectivity index (χ3v) is 9.63. The van der Waals surface area contributed by atoms with E-state index < -0.39 is 21.7 Å². The minimum Gasteiger partial charge on any atom is -0.379 e. The summed E-state index contributed by atoms with van der Waals surface area (Å²) in [5.74, 6) is -1.88. The van der Waals surface area contributed by atoms with Crippen molar-refractivity contribution in [1.82, 2.24) is 14.2 Å². The summed E-state index contributed by atoms with van der Waals surface area (Å²) >= 11 is 1.04. The molecule has 0 atom stereocenters. The lowest BCUT2D eigenvalue weighted by Crippen LogP contribution is -2.39. The van der Waals surface area contributed by atoms with Crippen molar-refractivity contribution in [1.29, 1.82) is 0 Å². The van der Waals surface area contributed by atoms with Crippen molar-refractivity contribution >= 4 is 42.6 Å². The molecule has 0 N–H and O–H groups in total. The Balaban J connectivity index is 1.40. The summed E-state index contributed by atoms with van der Waals surface area (Å²) in [5, 5.41) is 0.261. The Labute approximate surface area is 218 Å². The molecule has 37 heavy (non-hydrogen) atoms. The second-order valence-electron chi connectivity index (χ2n) is 9.27. The van der Waals surface area contributed by atoms with Gasteiger partial charge < -0.3 is 4.74 Å².